The van der Waals surface area contributed by atoms with E-state index in [1.807, 2.05) is 24.3 Å². The summed E-state index contributed by atoms with van der Waals surface area (Å²) in [6.07, 6.45) is 0.589. The van der Waals surface area contributed by atoms with Crippen molar-refractivity contribution in [3.8, 4) is 0 Å². The number of nitrogens with zero attached hydrogens (tertiary/aromatic N) is 2. The molecule has 0 aromatic heterocycles. The first-order chi connectivity index (χ1) is 16.8. The van der Waals surface area contributed by atoms with Crippen molar-refractivity contribution in [2.75, 3.05) is 18.5 Å². The van der Waals surface area contributed by atoms with Gasteiger partial charge < -0.3 is 10.1 Å². The molecule has 1 N–H and O–H groups in total. The molecule has 1 aliphatic heterocycles. The maximum absolute atomic E-state index is 13.2. The molecule has 10 nitrogen and oxygen atoms in total. The third kappa shape index (κ3) is 5.36. The molecule has 1 heterocycles. The van der Waals surface area contributed by atoms with E-state index in [9.17, 15) is 28.1 Å². The van der Waals surface area contributed by atoms with E-state index in [1.54, 1.807) is 0 Å². The Balaban J connectivity index is 1.42. The van der Waals surface area contributed by atoms with Gasteiger partial charge >= 0.3 is 5.97 Å². The summed E-state index contributed by atoms with van der Waals surface area (Å²) in [6, 6.07) is 18.6. The summed E-state index contributed by atoms with van der Waals surface area (Å²) < 4.78 is 32.7. The van der Waals surface area contributed by atoms with Crippen LogP contribution in [0.15, 0.2) is 77.7 Å². The number of ether oxygens (including phenoxy) is 1. The van der Waals surface area contributed by atoms with E-state index in [-0.39, 0.29) is 28.4 Å². The molecule has 180 valence electrons. The molecule has 0 unspecified atom stereocenters. The molecule has 0 radical (unpaired) electrons. The third-order valence-electron chi connectivity index (χ3n) is 5.51. The standard InChI is InChI=1S/C24H21N3O7S/c28-23(25-21-10-3-4-11-22(21)27(30)31)16-34-24(29)18-8-5-9-20(14-18)35(32,33)26-13-12-17-6-1-2-7-19(17)15-26/h1-11,14H,12-13,15-16H2,(H,25,28). The lowest BCUT2D eigenvalue weighted by molar-refractivity contribution is -0.383. The van der Waals surface area contributed by atoms with E-state index >= 15 is 0 Å². The van der Waals surface area contributed by atoms with Gasteiger partial charge in [-0.15, -0.1) is 0 Å². The summed E-state index contributed by atoms with van der Waals surface area (Å²) in [5.41, 5.74) is 1.67. The highest BCUT2D eigenvalue weighted by atomic mass is 32.2. The zero-order chi connectivity index (χ0) is 25.0. The van der Waals surface area contributed by atoms with Crippen molar-refractivity contribution in [1.82, 2.24) is 4.31 Å². The maximum Gasteiger partial charge on any atom is 0.338 e. The fraction of sp³-hybridized carbons (Fsp3) is 0.167. The second-order valence-corrected chi connectivity index (χ2v) is 9.72. The first-order valence-corrected chi connectivity index (χ1v) is 12.1. The Morgan fingerprint density at radius 1 is 1.00 bits per heavy atom. The van der Waals surface area contributed by atoms with Gasteiger partial charge in [-0.05, 0) is 41.8 Å². The molecule has 0 saturated carbocycles. The first kappa shape index (κ1) is 24.0. The van der Waals surface area contributed by atoms with Gasteiger partial charge in [-0.25, -0.2) is 13.2 Å². The van der Waals surface area contributed by atoms with Gasteiger partial charge in [0.25, 0.3) is 11.6 Å². The topological polar surface area (TPSA) is 136 Å². The van der Waals surface area contributed by atoms with Crippen LogP contribution in [0, 0.1) is 10.1 Å². The summed E-state index contributed by atoms with van der Waals surface area (Å²) >= 11 is 0. The number of esters is 1. The zero-order valence-electron chi connectivity index (χ0n) is 18.4. The maximum atomic E-state index is 13.2. The predicted molar refractivity (Wildman–Crippen MR) is 126 cm³/mol. The molecule has 11 heteroatoms. The Hall–Kier alpha value is -4.09. The van der Waals surface area contributed by atoms with Crippen molar-refractivity contribution in [2.24, 2.45) is 0 Å². The van der Waals surface area contributed by atoms with Crippen molar-refractivity contribution in [3.05, 3.63) is 99.6 Å². The number of anilines is 1. The highest BCUT2D eigenvalue weighted by Crippen LogP contribution is 2.26. The number of nitro benzene ring substituents is 1. The van der Waals surface area contributed by atoms with Gasteiger partial charge in [0.2, 0.25) is 10.0 Å². The monoisotopic (exact) mass is 495 g/mol. The van der Waals surface area contributed by atoms with E-state index in [0.29, 0.717) is 13.0 Å². The van der Waals surface area contributed by atoms with Crippen LogP contribution in [0.1, 0.15) is 21.5 Å². The van der Waals surface area contributed by atoms with Crippen LogP contribution in [-0.2, 0) is 32.5 Å². The smallest absolute Gasteiger partial charge is 0.338 e. The summed E-state index contributed by atoms with van der Waals surface area (Å²) in [5, 5.41) is 13.4. The van der Waals surface area contributed by atoms with Gasteiger partial charge in [0, 0.05) is 19.2 Å². The zero-order valence-corrected chi connectivity index (χ0v) is 19.2. The van der Waals surface area contributed by atoms with Crippen LogP contribution >= 0.6 is 0 Å². The number of nitro groups is 1. The Labute approximate surface area is 201 Å². The molecule has 1 aliphatic rings. The number of fused-ring (bicyclic) bond motifs is 1. The van der Waals surface area contributed by atoms with Gasteiger partial charge in [0.05, 0.1) is 15.4 Å². The number of para-hydroxylation sites is 2. The molecule has 1 amide bonds. The average molecular weight is 496 g/mol. The number of amides is 1. The second-order valence-electron chi connectivity index (χ2n) is 7.78. The van der Waals surface area contributed by atoms with Crippen LogP contribution in [-0.4, -0.2) is 42.7 Å². The largest absolute Gasteiger partial charge is 0.452 e. The Morgan fingerprint density at radius 2 is 1.71 bits per heavy atom. The van der Waals surface area contributed by atoms with Crippen LogP contribution in [0.2, 0.25) is 0 Å². The van der Waals surface area contributed by atoms with Crippen molar-refractivity contribution < 1.29 is 27.7 Å². The molecule has 0 fully saturated rings. The third-order valence-corrected chi connectivity index (χ3v) is 7.35. The number of hydrogen-bond acceptors (Lipinski definition) is 7. The SMILES string of the molecule is O=C(COC(=O)c1cccc(S(=O)(=O)N2CCc3ccccc3C2)c1)Nc1ccccc1[N+](=O)[O-]. The van der Waals surface area contributed by atoms with E-state index in [4.69, 9.17) is 4.74 Å². The molecule has 3 aromatic rings. The van der Waals surface area contributed by atoms with Crippen molar-refractivity contribution in [2.45, 2.75) is 17.9 Å². The molecular formula is C24H21N3O7S. The molecule has 35 heavy (non-hydrogen) atoms. The van der Waals surface area contributed by atoms with E-state index in [2.05, 4.69) is 5.32 Å². The Bertz CT molecular complexity index is 1410. The number of benzene rings is 3. The van der Waals surface area contributed by atoms with Crippen LogP contribution in [0.4, 0.5) is 11.4 Å². The number of hydrogen-bond donors (Lipinski definition) is 1. The highest BCUT2D eigenvalue weighted by Gasteiger charge is 2.29. The molecular weight excluding hydrogens is 474 g/mol. The number of sulfonamides is 1. The normalized spacial score (nSPS) is 13.5. The van der Waals surface area contributed by atoms with Gasteiger partial charge in [-0.1, -0.05) is 42.5 Å². The molecule has 3 aromatic carbocycles. The van der Waals surface area contributed by atoms with Crippen LogP contribution in [0.5, 0.6) is 0 Å². The van der Waals surface area contributed by atoms with Gasteiger partial charge in [0.1, 0.15) is 5.69 Å². The van der Waals surface area contributed by atoms with Crippen molar-refractivity contribution in [1.29, 1.82) is 0 Å². The van der Waals surface area contributed by atoms with Crippen LogP contribution < -0.4 is 5.32 Å². The average Bonchev–Trinajstić information content (AvgIpc) is 2.87. The Kier molecular flexibility index (Phi) is 6.90. The number of nitrogens with one attached hydrogen (secondary N) is 1. The second kappa shape index (κ2) is 10.0. The van der Waals surface area contributed by atoms with Crippen LogP contribution in [0.3, 0.4) is 0 Å². The predicted octanol–water partition coefficient (Wildman–Crippen LogP) is 3.14. The summed E-state index contributed by atoms with van der Waals surface area (Å²) in [5.74, 6) is -1.67. The molecule has 0 saturated heterocycles. The van der Waals surface area contributed by atoms with Crippen LogP contribution in [0.25, 0.3) is 0 Å². The summed E-state index contributed by atoms with van der Waals surface area (Å²) in [4.78, 5) is 35.0. The fourth-order valence-electron chi connectivity index (χ4n) is 3.75. The molecule has 0 spiro atoms. The van der Waals surface area contributed by atoms with E-state index < -0.39 is 33.4 Å². The minimum absolute atomic E-state index is 0.0326. The summed E-state index contributed by atoms with van der Waals surface area (Å²) in [6.45, 7) is -0.149. The lowest BCUT2D eigenvalue weighted by Gasteiger charge is -2.28. The first-order valence-electron chi connectivity index (χ1n) is 10.6. The van der Waals surface area contributed by atoms with E-state index in [1.165, 1.54) is 52.8 Å². The lowest BCUT2D eigenvalue weighted by Crippen LogP contribution is -2.36. The Morgan fingerprint density at radius 3 is 2.49 bits per heavy atom. The minimum atomic E-state index is -3.86. The highest BCUT2D eigenvalue weighted by molar-refractivity contribution is 7.89. The van der Waals surface area contributed by atoms with Crippen molar-refractivity contribution >= 4 is 33.3 Å². The number of rotatable bonds is 7. The molecule has 4 rings (SSSR count). The van der Waals surface area contributed by atoms with Gasteiger partial charge in [-0.3, -0.25) is 14.9 Å². The number of carbonyl (C=O) groups excluding carboxylic acids is 2. The molecule has 0 aliphatic carbocycles. The minimum Gasteiger partial charge on any atom is -0.452 e. The molecule has 0 bridgehead atoms. The van der Waals surface area contributed by atoms with Crippen molar-refractivity contribution in [3.63, 3.8) is 0 Å². The summed E-state index contributed by atoms with van der Waals surface area (Å²) in [7, 11) is -3.86. The molecule has 0 atom stereocenters. The lowest BCUT2D eigenvalue weighted by atomic mass is 10.0. The van der Waals surface area contributed by atoms with Gasteiger partial charge in [0.15, 0.2) is 6.61 Å². The van der Waals surface area contributed by atoms with E-state index in [0.717, 1.165) is 11.1 Å². The van der Waals surface area contributed by atoms with Gasteiger partial charge in [-0.2, -0.15) is 4.31 Å². The quantitative estimate of drug-likeness (QED) is 0.302. The number of carbonyl (C=O) groups is 2. The fourth-order valence-corrected chi connectivity index (χ4v) is 5.21.